The molecule has 0 aliphatic rings. The number of nitrogens with two attached hydrogens (primary N) is 1. The molecule has 0 saturated heterocycles. The SMILES string of the molecule is NC(=O)Cc1c(Cc2cc(F)cc(F)c2)ncn1Cc1cccc(O)c1. The molecule has 134 valence electrons. The van der Waals surface area contributed by atoms with Crippen LogP contribution in [0.2, 0.25) is 0 Å². The first kappa shape index (κ1) is 17.6. The zero-order chi connectivity index (χ0) is 18.7. The lowest BCUT2D eigenvalue weighted by Gasteiger charge is -2.10. The van der Waals surface area contributed by atoms with Crippen molar-refractivity contribution in [3.63, 3.8) is 0 Å². The number of halogens is 2. The van der Waals surface area contributed by atoms with E-state index in [0.717, 1.165) is 11.6 Å². The third-order valence-electron chi connectivity index (χ3n) is 3.93. The zero-order valence-corrected chi connectivity index (χ0v) is 13.8. The molecule has 0 bridgehead atoms. The van der Waals surface area contributed by atoms with Crippen molar-refractivity contribution in [3.05, 3.63) is 82.9 Å². The average molecular weight is 357 g/mol. The first-order chi connectivity index (χ1) is 12.4. The van der Waals surface area contributed by atoms with E-state index < -0.39 is 17.5 Å². The summed E-state index contributed by atoms with van der Waals surface area (Å²) in [5.74, 6) is -1.74. The highest BCUT2D eigenvalue weighted by atomic mass is 19.1. The second kappa shape index (κ2) is 7.35. The van der Waals surface area contributed by atoms with Gasteiger partial charge in [0.2, 0.25) is 5.91 Å². The molecule has 2 aromatic carbocycles. The van der Waals surface area contributed by atoms with E-state index >= 15 is 0 Å². The first-order valence-electron chi connectivity index (χ1n) is 7.95. The summed E-state index contributed by atoms with van der Waals surface area (Å²) in [5, 5.41) is 9.59. The van der Waals surface area contributed by atoms with Crippen LogP contribution < -0.4 is 5.73 Å². The van der Waals surface area contributed by atoms with Crippen LogP contribution in [0.1, 0.15) is 22.5 Å². The lowest BCUT2D eigenvalue weighted by atomic mass is 10.1. The fourth-order valence-electron chi connectivity index (χ4n) is 2.86. The van der Waals surface area contributed by atoms with Crippen LogP contribution in [0.4, 0.5) is 8.78 Å². The Balaban J connectivity index is 1.92. The van der Waals surface area contributed by atoms with Crippen molar-refractivity contribution < 1.29 is 18.7 Å². The van der Waals surface area contributed by atoms with Crippen LogP contribution in [0, 0.1) is 11.6 Å². The Labute approximate surface area is 148 Å². The van der Waals surface area contributed by atoms with Gasteiger partial charge in [0.1, 0.15) is 17.4 Å². The van der Waals surface area contributed by atoms with Gasteiger partial charge in [0.25, 0.3) is 0 Å². The first-order valence-corrected chi connectivity index (χ1v) is 7.95. The summed E-state index contributed by atoms with van der Waals surface area (Å²) in [6, 6.07) is 9.97. The molecule has 3 rings (SSSR count). The molecule has 1 heterocycles. The van der Waals surface area contributed by atoms with Crippen molar-refractivity contribution in [2.45, 2.75) is 19.4 Å². The van der Waals surface area contributed by atoms with Gasteiger partial charge in [-0.2, -0.15) is 0 Å². The van der Waals surface area contributed by atoms with E-state index in [1.165, 1.54) is 12.1 Å². The number of phenolic OH excluding ortho intramolecular Hbond substituents is 1. The number of carbonyl (C=O) groups excluding carboxylic acids is 1. The number of phenols is 1. The van der Waals surface area contributed by atoms with Gasteiger partial charge in [-0.05, 0) is 35.4 Å². The third-order valence-corrected chi connectivity index (χ3v) is 3.93. The number of hydrogen-bond donors (Lipinski definition) is 2. The quantitative estimate of drug-likeness (QED) is 0.711. The molecule has 0 atom stereocenters. The summed E-state index contributed by atoms with van der Waals surface area (Å²) in [6.45, 7) is 0.377. The minimum absolute atomic E-state index is 0.0497. The predicted octanol–water partition coefficient (Wildman–Crippen LogP) is 2.53. The number of benzene rings is 2. The van der Waals surface area contributed by atoms with E-state index in [0.29, 0.717) is 23.5 Å². The van der Waals surface area contributed by atoms with E-state index in [2.05, 4.69) is 4.98 Å². The highest BCUT2D eigenvalue weighted by Crippen LogP contribution is 2.19. The van der Waals surface area contributed by atoms with Crippen LogP contribution >= 0.6 is 0 Å². The van der Waals surface area contributed by atoms with Crippen LogP contribution in [0.3, 0.4) is 0 Å². The number of rotatable bonds is 6. The minimum Gasteiger partial charge on any atom is -0.508 e. The third kappa shape index (κ3) is 4.24. The number of nitrogens with zero attached hydrogens (tertiary/aromatic N) is 2. The van der Waals surface area contributed by atoms with Crippen molar-refractivity contribution in [3.8, 4) is 5.75 Å². The highest BCUT2D eigenvalue weighted by molar-refractivity contribution is 5.76. The molecule has 1 aromatic heterocycles. The summed E-state index contributed by atoms with van der Waals surface area (Å²) in [7, 11) is 0. The molecule has 0 aliphatic heterocycles. The van der Waals surface area contributed by atoms with Gasteiger partial charge in [0.15, 0.2) is 0 Å². The number of carbonyl (C=O) groups is 1. The molecule has 0 saturated carbocycles. The van der Waals surface area contributed by atoms with Gasteiger partial charge in [-0.15, -0.1) is 0 Å². The molecule has 0 radical (unpaired) electrons. The number of imidazole rings is 1. The van der Waals surface area contributed by atoms with E-state index in [1.54, 1.807) is 29.1 Å². The van der Waals surface area contributed by atoms with E-state index in [4.69, 9.17) is 5.73 Å². The topological polar surface area (TPSA) is 81.1 Å². The maximum atomic E-state index is 13.4. The second-order valence-electron chi connectivity index (χ2n) is 6.03. The van der Waals surface area contributed by atoms with Gasteiger partial charge in [-0.25, -0.2) is 13.8 Å². The molecule has 5 nitrogen and oxygen atoms in total. The second-order valence-corrected chi connectivity index (χ2v) is 6.03. The molecule has 7 heteroatoms. The molecular weight excluding hydrogens is 340 g/mol. The summed E-state index contributed by atoms with van der Waals surface area (Å²) in [4.78, 5) is 15.7. The van der Waals surface area contributed by atoms with Gasteiger partial charge in [-0.3, -0.25) is 4.79 Å². The minimum atomic E-state index is -0.671. The Morgan fingerprint density at radius 1 is 1.12 bits per heavy atom. The number of aromatic hydroxyl groups is 1. The van der Waals surface area contributed by atoms with Crippen LogP contribution in [-0.4, -0.2) is 20.6 Å². The summed E-state index contributed by atoms with van der Waals surface area (Å²) in [5.41, 5.74) is 7.67. The molecule has 0 unspecified atom stereocenters. The molecule has 0 spiro atoms. The standard InChI is InChI=1S/C19H17F2N3O2/c20-14-4-13(5-15(21)8-14)7-17-18(9-19(22)26)24(11-23-17)10-12-2-1-3-16(25)6-12/h1-6,8,11,25H,7,9-10H2,(H2,22,26). The number of primary amides is 1. The van der Waals surface area contributed by atoms with Crippen LogP contribution in [0.15, 0.2) is 48.8 Å². The Morgan fingerprint density at radius 3 is 2.50 bits per heavy atom. The van der Waals surface area contributed by atoms with Gasteiger partial charge in [-0.1, -0.05) is 12.1 Å². The molecular formula is C19H17F2N3O2. The molecule has 0 aliphatic carbocycles. The Kier molecular flexibility index (Phi) is 4.97. The number of amides is 1. The smallest absolute Gasteiger partial charge is 0.223 e. The Hall–Kier alpha value is -3.22. The normalized spacial score (nSPS) is 10.8. The lowest BCUT2D eigenvalue weighted by Crippen LogP contribution is -2.18. The van der Waals surface area contributed by atoms with Crippen LogP contribution in [0.25, 0.3) is 0 Å². The number of aromatic nitrogens is 2. The maximum Gasteiger partial charge on any atom is 0.223 e. The fourth-order valence-corrected chi connectivity index (χ4v) is 2.86. The van der Waals surface area contributed by atoms with E-state index in [9.17, 15) is 18.7 Å². The largest absolute Gasteiger partial charge is 0.508 e. The van der Waals surface area contributed by atoms with Crippen molar-refractivity contribution in [1.82, 2.24) is 9.55 Å². The van der Waals surface area contributed by atoms with Gasteiger partial charge in [0, 0.05) is 19.0 Å². The van der Waals surface area contributed by atoms with Crippen molar-refractivity contribution in [2.24, 2.45) is 5.73 Å². The zero-order valence-electron chi connectivity index (χ0n) is 13.8. The molecule has 26 heavy (non-hydrogen) atoms. The Bertz CT molecular complexity index is 933. The fraction of sp³-hybridized carbons (Fsp3) is 0.158. The van der Waals surface area contributed by atoms with E-state index in [1.807, 2.05) is 6.07 Å². The summed E-state index contributed by atoms with van der Waals surface area (Å²) >= 11 is 0. The average Bonchev–Trinajstić information content (AvgIpc) is 2.88. The van der Waals surface area contributed by atoms with E-state index in [-0.39, 0.29) is 18.6 Å². The van der Waals surface area contributed by atoms with Crippen LogP contribution in [0.5, 0.6) is 5.75 Å². The highest BCUT2D eigenvalue weighted by Gasteiger charge is 2.15. The number of hydrogen-bond acceptors (Lipinski definition) is 3. The lowest BCUT2D eigenvalue weighted by molar-refractivity contribution is -0.117. The van der Waals surface area contributed by atoms with Crippen molar-refractivity contribution >= 4 is 5.91 Å². The summed E-state index contributed by atoms with van der Waals surface area (Å²) in [6.07, 6.45) is 1.67. The molecule has 3 N–H and O–H groups in total. The predicted molar refractivity (Wildman–Crippen MR) is 91.5 cm³/mol. The van der Waals surface area contributed by atoms with Crippen molar-refractivity contribution in [2.75, 3.05) is 0 Å². The van der Waals surface area contributed by atoms with Gasteiger partial charge >= 0.3 is 0 Å². The molecule has 3 aromatic rings. The molecule has 0 fully saturated rings. The van der Waals surface area contributed by atoms with Crippen LogP contribution in [-0.2, 0) is 24.2 Å². The molecule has 1 amide bonds. The Morgan fingerprint density at radius 2 is 1.85 bits per heavy atom. The monoisotopic (exact) mass is 357 g/mol. The van der Waals surface area contributed by atoms with Crippen molar-refractivity contribution in [1.29, 1.82) is 0 Å². The maximum absolute atomic E-state index is 13.4. The van der Waals surface area contributed by atoms with Gasteiger partial charge in [0.05, 0.1) is 24.1 Å². The van der Waals surface area contributed by atoms with Gasteiger partial charge < -0.3 is 15.4 Å². The summed E-state index contributed by atoms with van der Waals surface area (Å²) < 4.78 is 28.6.